The third kappa shape index (κ3) is 3.40. The zero-order chi connectivity index (χ0) is 14.4. The van der Waals surface area contributed by atoms with E-state index >= 15 is 0 Å². The summed E-state index contributed by atoms with van der Waals surface area (Å²) in [5.74, 6) is 0.897. The lowest BCUT2D eigenvalue weighted by Gasteiger charge is -2.30. The van der Waals surface area contributed by atoms with Crippen LogP contribution in [0.5, 0.6) is 5.75 Å². The minimum Gasteiger partial charge on any atom is -0.497 e. The maximum absolute atomic E-state index is 5.83. The Bertz CT molecular complexity index is 521. The molecule has 2 aromatic rings. The van der Waals surface area contributed by atoms with E-state index in [1.807, 2.05) is 12.1 Å². The lowest BCUT2D eigenvalue weighted by atomic mass is 9.75. The first-order chi connectivity index (χ1) is 9.68. The highest BCUT2D eigenvalue weighted by Gasteiger charge is 2.25. The van der Waals surface area contributed by atoms with Crippen molar-refractivity contribution in [1.82, 2.24) is 0 Å². The number of hydrogen-bond acceptors (Lipinski definition) is 2. The van der Waals surface area contributed by atoms with Gasteiger partial charge >= 0.3 is 0 Å². The Morgan fingerprint density at radius 3 is 2.20 bits per heavy atom. The molecule has 2 N–H and O–H groups in total. The van der Waals surface area contributed by atoms with Gasteiger partial charge in [0.15, 0.2) is 0 Å². The highest BCUT2D eigenvalue weighted by atomic mass is 16.5. The van der Waals surface area contributed by atoms with Crippen molar-refractivity contribution >= 4 is 0 Å². The standard InChI is InChI=1S/C18H23NO/c1-18(12-13-19,16-6-4-3-5-7-16)14-15-8-10-17(20-2)11-9-15/h3-11H,12-14,19H2,1-2H3. The van der Waals surface area contributed by atoms with Crippen LogP contribution in [-0.2, 0) is 11.8 Å². The first kappa shape index (κ1) is 14.6. The van der Waals surface area contributed by atoms with Crippen molar-refractivity contribution in [2.75, 3.05) is 13.7 Å². The maximum Gasteiger partial charge on any atom is 0.118 e. The summed E-state index contributed by atoms with van der Waals surface area (Å²) in [5, 5.41) is 0. The maximum atomic E-state index is 5.83. The van der Waals surface area contributed by atoms with Crippen LogP contribution < -0.4 is 10.5 Å². The zero-order valence-corrected chi connectivity index (χ0v) is 12.3. The van der Waals surface area contributed by atoms with Crippen LogP contribution in [-0.4, -0.2) is 13.7 Å². The van der Waals surface area contributed by atoms with Crippen molar-refractivity contribution < 1.29 is 4.74 Å². The normalized spacial score (nSPS) is 13.8. The fourth-order valence-corrected chi connectivity index (χ4v) is 2.69. The third-order valence-electron chi connectivity index (χ3n) is 3.92. The molecule has 0 aromatic heterocycles. The molecule has 0 aliphatic rings. The first-order valence-electron chi connectivity index (χ1n) is 7.06. The fourth-order valence-electron chi connectivity index (χ4n) is 2.69. The Morgan fingerprint density at radius 1 is 1.00 bits per heavy atom. The van der Waals surface area contributed by atoms with E-state index in [0.717, 1.165) is 18.6 Å². The minimum absolute atomic E-state index is 0.0740. The molecule has 0 aliphatic carbocycles. The van der Waals surface area contributed by atoms with E-state index in [0.29, 0.717) is 6.54 Å². The van der Waals surface area contributed by atoms with Crippen LogP contribution in [0.4, 0.5) is 0 Å². The Labute approximate surface area is 121 Å². The molecule has 2 heteroatoms. The summed E-state index contributed by atoms with van der Waals surface area (Å²) in [4.78, 5) is 0. The summed E-state index contributed by atoms with van der Waals surface area (Å²) in [6.45, 7) is 2.99. The second kappa shape index (κ2) is 6.58. The second-order valence-corrected chi connectivity index (χ2v) is 5.49. The van der Waals surface area contributed by atoms with Crippen molar-refractivity contribution in [3.05, 3.63) is 65.7 Å². The molecule has 2 aromatic carbocycles. The fraction of sp³-hybridized carbons (Fsp3) is 0.333. The average Bonchev–Trinajstić information content (AvgIpc) is 2.49. The molecular formula is C18H23NO. The largest absolute Gasteiger partial charge is 0.497 e. The number of rotatable bonds is 6. The minimum atomic E-state index is 0.0740. The molecule has 20 heavy (non-hydrogen) atoms. The summed E-state index contributed by atoms with van der Waals surface area (Å²) >= 11 is 0. The van der Waals surface area contributed by atoms with Gasteiger partial charge in [-0.2, -0.15) is 0 Å². The van der Waals surface area contributed by atoms with E-state index in [1.165, 1.54) is 11.1 Å². The Hall–Kier alpha value is -1.80. The van der Waals surface area contributed by atoms with E-state index in [1.54, 1.807) is 7.11 Å². The van der Waals surface area contributed by atoms with Crippen molar-refractivity contribution in [3.63, 3.8) is 0 Å². The van der Waals surface area contributed by atoms with Crippen molar-refractivity contribution in [1.29, 1.82) is 0 Å². The van der Waals surface area contributed by atoms with Crippen molar-refractivity contribution in [2.45, 2.75) is 25.2 Å². The van der Waals surface area contributed by atoms with Gasteiger partial charge in [-0.15, -0.1) is 0 Å². The molecule has 106 valence electrons. The average molecular weight is 269 g/mol. The molecule has 2 nitrogen and oxygen atoms in total. The molecule has 0 bridgehead atoms. The zero-order valence-electron chi connectivity index (χ0n) is 12.3. The van der Waals surface area contributed by atoms with Crippen LogP contribution >= 0.6 is 0 Å². The molecular weight excluding hydrogens is 246 g/mol. The highest BCUT2D eigenvalue weighted by Crippen LogP contribution is 2.31. The molecule has 2 rings (SSSR count). The van der Waals surface area contributed by atoms with Gasteiger partial charge < -0.3 is 10.5 Å². The van der Waals surface area contributed by atoms with Gasteiger partial charge in [0.25, 0.3) is 0 Å². The van der Waals surface area contributed by atoms with E-state index in [-0.39, 0.29) is 5.41 Å². The smallest absolute Gasteiger partial charge is 0.118 e. The molecule has 0 aliphatic heterocycles. The number of nitrogens with two attached hydrogens (primary N) is 1. The van der Waals surface area contributed by atoms with Crippen LogP contribution in [0.1, 0.15) is 24.5 Å². The summed E-state index contributed by atoms with van der Waals surface area (Å²) in [7, 11) is 1.69. The molecule has 1 unspecified atom stereocenters. The summed E-state index contributed by atoms with van der Waals surface area (Å²) in [6, 6.07) is 18.9. The Kier molecular flexibility index (Phi) is 4.80. The number of ether oxygens (including phenoxy) is 1. The van der Waals surface area contributed by atoms with E-state index in [2.05, 4.69) is 49.4 Å². The van der Waals surface area contributed by atoms with Gasteiger partial charge in [0.1, 0.15) is 5.75 Å². The molecule has 0 fully saturated rings. The monoisotopic (exact) mass is 269 g/mol. The van der Waals surface area contributed by atoms with Crippen LogP contribution in [0.25, 0.3) is 0 Å². The van der Waals surface area contributed by atoms with Crippen LogP contribution in [0.2, 0.25) is 0 Å². The predicted octanol–water partition coefficient (Wildman–Crippen LogP) is 3.54. The van der Waals surface area contributed by atoms with Crippen molar-refractivity contribution in [3.8, 4) is 5.75 Å². The van der Waals surface area contributed by atoms with Crippen LogP contribution in [0, 0.1) is 0 Å². The highest BCUT2D eigenvalue weighted by molar-refractivity contribution is 5.32. The van der Waals surface area contributed by atoms with Gasteiger partial charge in [-0.25, -0.2) is 0 Å². The van der Waals surface area contributed by atoms with E-state index in [9.17, 15) is 0 Å². The van der Waals surface area contributed by atoms with Crippen molar-refractivity contribution in [2.24, 2.45) is 5.73 Å². The van der Waals surface area contributed by atoms with Crippen LogP contribution in [0.15, 0.2) is 54.6 Å². The summed E-state index contributed by atoms with van der Waals surface area (Å²) < 4.78 is 5.21. The van der Waals surface area contributed by atoms with Gasteiger partial charge in [0, 0.05) is 0 Å². The van der Waals surface area contributed by atoms with E-state index < -0.39 is 0 Å². The SMILES string of the molecule is COc1ccc(CC(C)(CCN)c2ccccc2)cc1. The topological polar surface area (TPSA) is 35.2 Å². The van der Waals surface area contributed by atoms with Gasteiger partial charge in [-0.3, -0.25) is 0 Å². The molecule has 0 saturated carbocycles. The van der Waals surface area contributed by atoms with Gasteiger partial charge in [0.05, 0.1) is 7.11 Å². The molecule has 0 spiro atoms. The van der Waals surface area contributed by atoms with Crippen LogP contribution in [0.3, 0.4) is 0 Å². The first-order valence-corrected chi connectivity index (χ1v) is 7.06. The third-order valence-corrected chi connectivity index (χ3v) is 3.92. The second-order valence-electron chi connectivity index (χ2n) is 5.49. The predicted molar refractivity (Wildman–Crippen MR) is 84.2 cm³/mol. The lowest BCUT2D eigenvalue weighted by Crippen LogP contribution is -2.28. The van der Waals surface area contributed by atoms with E-state index in [4.69, 9.17) is 10.5 Å². The van der Waals surface area contributed by atoms with Gasteiger partial charge in [0.2, 0.25) is 0 Å². The molecule has 1 atom stereocenters. The number of methoxy groups -OCH3 is 1. The molecule has 0 amide bonds. The number of hydrogen-bond donors (Lipinski definition) is 1. The van der Waals surface area contributed by atoms with Gasteiger partial charge in [-0.1, -0.05) is 49.4 Å². The Balaban J connectivity index is 2.24. The molecule has 0 heterocycles. The quantitative estimate of drug-likeness (QED) is 0.870. The Morgan fingerprint density at radius 2 is 1.65 bits per heavy atom. The molecule has 0 radical (unpaired) electrons. The molecule has 0 saturated heterocycles. The summed E-state index contributed by atoms with van der Waals surface area (Å²) in [5.41, 5.74) is 8.56. The van der Waals surface area contributed by atoms with Gasteiger partial charge in [-0.05, 0) is 48.1 Å². The lowest BCUT2D eigenvalue weighted by molar-refractivity contribution is 0.413. The number of benzene rings is 2. The summed E-state index contributed by atoms with van der Waals surface area (Å²) in [6.07, 6.45) is 1.96.